The highest BCUT2D eigenvalue weighted by molar-refractivity contribution is 6.56. The average molecular weight is 247 g/mol. The molecule has 0 rings (SSSR count). The summed E-state index contributed by atoms with van der Waals surface area (Å²) in [6, 6.07) is 3.12. The van der Waals surface area contributed by atoms with Crippen molar-refractivity contribution in [2.24, 2.45) is 5.73 Å². The van der Waals surface area contributed by atoms with E-state index in [0.717, 1.165) is 0 Å². The van der Waals surface area contributed by atoms with Gasteiger partial charge in [0.1, 0.15) is 16.3 Å². The Hall–Kier alpha value is -0.320. The number of nitriles is 2. The monoisotopic (exact) mass is 245 g/mol. The Morgan fingerprint density at radius 3 is 1.58 bits per heavy atom. The van der Waals surface area contributed by atoms with Gasteiger partial charge in [0.05, 0.1) is 6.07 Å². The minimum atomic E-state index is -0.866. The Labute approximate surface area is 89.9 Å². The number of halogens is 4. The van der Waals surface area contributed by atoms with Crippen LogP contribution in [0.5, 0.6) is 0 Å². The van der Waals surface area contributed by atoms with Gasteiger partial charge in [-0.25, -0.2) is 0 Å². The minimum Gasteiger partial charge on any atom is -0.388 e. The normalized spacial score (nSPS) is 7.25. The molecule has 66 valence electrons. The molecular weight excluding hydrogens is 244 g/mol. The van der Waals surface area contributed by atoms with E-state index in [-0.39, 0.29) is 10.2 Å². The quantitative estimate of drug-likeness (QED) is 0.527. The highest BCUT2D eigenvalue weighted by atomic mass is 35.5. The van der Waals surface area contributed by atoms with Gasteiger partial charge < -0.3 is 5.73 Å². The first kappa shape index (κ1) is 14.2. The van der Waals surface area contributed by atoms with Gasteiger partial charge in [-0.3, -0.25) is 0 Å². The van der Waals surface area contributed by atoms with Gasteiger partial charge in [0, 0.05) is 0 Å². The molecule has 0 saturated carbocycles. The summed E-state index contributed by atoms with van der Waals surface area (Å²) in [4.78, 5) is -0.866. The van der Waals surface area contributed by atoms with Crippen LogP contribution in [0.1, 0.15) is 0 Å². The van der Waals surface area contributed by atoms with Crippen LogP contribution < -0.4 is 5.73 Å². The molecule has 0 aromatic carbocycles. The second-order valence-corrected chi connectivity index (χ2v) is 3.26. The van der Waals surface area contributed by atoms with Crippen molar-refractivity contribution in [1.82, 2.24) is 0 Å². The van der Waals surface area contributed by atoms with E-state index in [0.29, 0.717) is 0 Å². The third-order valence-electron chi connectivity index (χ3n) is 0.422. The number of nitrogens with zero attached hydrogens (tertiary/aromatic N) is 2. The first-order valence-electron chi connectivity index (χ1n) is 2.34. The van der Waals surface area contributed by atoms with E-state index in [1.807, 2.05) is 0 Å². The van der Waals surface area contributed by atoms with Gasteiger partial charge in [0.2, 0.25) is 0 Å². The zero-order valence-electron chi connectivity index (χ0n) is 5.56. The molecule has 12 heavy (non-hydrogen) atoms. The largest absolute Gasteiger partial charge is 0.388 e. The minimum absolute atomic E-state index is 0.150. The van der Waals surface area contributed by atoms with Gasteiger partial charge in [0.15, 0.2) is 4.84 Å². The molecule has 0 heterocycles. The summed E-state index contributed by atoms with van der Waals surface area (Å²) in [6.07, 6.45) is 0. The molecule has 0 atom stereocenters. The molecular formula is C5H3Cl4N3. The summed E-state index contributed by atoms with van der Waals surface area (Å²) < 4.78 is -0.178. The van der Waals surface area contributed by atoms with Crippen molar-refractivity contribution in [3.8, 4) is 12.1 Å². The fraction of sp³-hybridized carbons (Fsp3) is 0.200. The van der Waals surface area contributed by atoms with Crippen LogP contribution in [0.3, 0.4) is 0 Å². The maximum Gasteiger partial charge on any atom is 0.193 e. The van der Waals surface area contributed by atoms with Crippen molar-refractivity contribution in [3.05, 3.63) is 10.2 Å². The first-order valence-corrected chi connectivity index (χ1v) is 3.97. The van der Waals surface area contributed by atoms with Crippen LogP contribution in [0.2, 0.25) is 0 Å². The van der Waals surface area contributed by atoms with Gasteiger partial charge in [-0.1, -0.05) is 46.4 Å². The summed E-state index contributed by atoms with van der Waals surface area (Å²) in [6.45, 7) is 0. The SMILES string of the molecule is N#CC(Cl)Cl.N#CC(N)=C(Cl)Cl. The van der Waals surface area contributed by atoms with E-state index in [1.54, 1.807) is 12.1 Å². The van der Waals surface area contributed by atoms with Crippen molar-refractivity contribution in [2.75, 3.05) is 0 Å². The molecule has 0 spiro atoms. The Morgan fingerprint density at radius 2 is 1.58 bits per heavy atom. The Bertz CT molecular complexity index is 230. The fourth-order valence-corrected chi connectivity index (χ4v) is 0.127. The third-order valence-corrected chi connectivity index (χ3v) is 1.02. The van der Waals surface area contributed by atoms with Gasteiger partial charge in [-0.05, 0) is 0 Å². The molecule has 0 aliphatic rings. The zero-order chi connectivity index (χ0) is 10.1. The Balaban J connectivity index is 0. The highest BCUT2D eigenvalue weighted by Crippen LogP contribution is 2.07. The van der Waals surface area contributed by atoms with Crippen molar-refractivity contribution >= 4 is 46.4 Å². The second kappa shape index (κ2) is 8.77. The molecule has 0 radical (unpaired) electrons. The van der Waals surface area contributed by atoms with E-state index in [2.05, 4.69) is 0 Å². The van der Waals surface area contributed by atoms with Crippen LogP contribution >= 0.6 is 46.4 Å². The summed E-state index contributed by atoms with van der Waals surface area (Å²) in [5, 5.41) is 15.5. The molecule has 0 aliphatic carbocycles. The fourth-order valence-electron chi connectivity index (χ4n) is 0.0423. The van der Waals surface area contributed by atoms with Crippen molar-refractivity contribution in [3.63, 3.8) is 0 Å². The number of alkyl halides is 2. The second-order valence-electron chi connectivity index (χ2n) is 1.22. The Morgan fingerprint density at radius 1 is 1.25 bits per heavy atom. The smallest absolute Gasteiger partial charge is 0.193 e. The molecule has 0 unspecified atom stereocenters. The lowest BCUT2D eigenvalue weighted by atomic mass is 10.6. The standard InChI is InChI=1S/C3H2Cl2N2.C2HCl2N/c4-3(5)2(7)1-6;3-2(4)1-5/h7H2;2H. The zero-order valence-corrected chi connectivity index (χ0v) is 8.58. The maximum atomic E-state index is 7.90. The summed E-state index contributed by atoms with van der Waals surface area (Å²) in [5.74, 6) is 0. The third kappa shape index (κ3) is 12.4. The summed E-state index contributed by atoms with van der Waals surface area (Å²) in [7, 11) is 0. The number of nitrogens with two attached hydrogens (primary N) is 1. The molecule has 0 bridgehead atoms. The summed E-state index contributed by atoms with van der Waals surface area (Å²) in [5.41, 5.74) is 4.72. The Kier molecular flexibility index (Phi) is 10.4. The lowest BCUT2D eigenvalue weighted by Crippen LogP contribution is -1.92. The molecule has 3 nitrogen and oxygen atoms in total. The molecule has 0 aromatic rings. The highest BCUT2D eigenvalue weighted by Gasteiger charge is 1.89. The van der Waals surface area contributed by atoms with Crippen LogP contribution in [-0.2, 0) is 0 Å². The average Bonchev–Trinajstić information content (AvgIpc) is 2.04. The number of allylic oxidation sites excluding steroid dienone is 1. The van der Waals surface area contributed by atoms with Gasteiger partial charge in [0.25, 0.3) is 0 Å². The van der Waals surface area contributed by atoms with E-state index >= 15 is 0 Å². The molecule has 0 saturated heterocycles. The van der Waals surface area contributed by atoms with E-state index in [9.17, 15) is 0 Å². The van der Waals surface area contributed by atoms with Gasteiger partial charge >= 0.3 is 0 Å². The van der Waals surface area contributed by atoms with Crippen molar-refractivity contribution in [1.29, 1.82) is 10.5 Å². The van der Waals surface area contributed by atoms with E-state index < -0.39 is 4.84 Å². The maximum absolute atomic E-state index is 7.90. The lowest BCUT2D eigenvalue weighted by Gasteiger charge is -1.80. The number of rotatable bonds is 0. The van der Waals surface area contributed by atoms with Crippen LogP contribution in [0.15, 0.2) is 10.2 Å². The van der Waals surface area contributed by atoms with E-state index in [4.69, 9.17) is 62.7 Å². The molecule has 0 amide bonds. The number of hydrogen-bond donors (Lipinski definition) is 1. The molecule has 2 N–H and O–H groups in total. The predicted octanol–water partition coefficient (Wildman–Crippen LogP) is 2.43. The molecule has 0 aliphatic heterocycles. The topological polar surface area (TPSA) is 73.6 Å². The predicted molar refractivity (Wildman–Crippen MR) is 49.6 cm³/mol. The molecule has 7 heteroatoms. The van der Waals surface area contributed by atoms with Crippen LogP contribution in [0, 0.1) is 22.7 Å². The van der Waals surface area contributed by atoms with Crippen molar-refractivity contribution < 1.29 is 0 Å². The first-order chi connectivity index (χ1) is 5.45. The van der Waals surface area contributed by atoms with E-state index in [1.165, 1.54) is 0 Å². The van der Waals surface area contributed by atoms with Gasteiger partial charge in [-0.15, -0.1) is 0 Å². The van der Waals surface area contributed by atoms with Crippen molar-refractivity contribution in [2.45, 2.75) is 4.84 Å². The van der Waals surface area contributed by atoms with Crippen LogP contribution in [-0.4, -0.2) is 4.84 Å². The molecule has 0 fully saturated rings. The molecule has 0 aromatic heterocycles. The lowest BCUT2D eigenvalue weighted by molar-refractivity contribution is 1.39. The van der Waals surface area contributed by atoms with Crippen LogP contribution in [0.25, 0.3) is 0 Å². The summed E-state index contributed by atoms with van der Waals surface area (Å²) >= 11 is 19.8. The van der Waals surface area contributed by atoms with Gasteiger partial charge in [-0.2, -0.15) is 10.5 Å². The van der Waals surface area contributed by atoms with Crippen LogP contribution in [0.4, 0.5) is 0 Å². The number of hydrogen-bond acceptors (Lipinski definition) is 3.